The Morgan fingerprint density at radius 1 is 1.53 bits per heavy atom. The van der Waals surface area contributed by atoms with Crippen molar-refractivity contribution in [2.75, 3.05) is 5.32 Å². The maximum absolute atomic E-state index is 11.8. The Morgan fingerprint density at radius 2 is 2.12 bits per heavy atom. The number of rotatable bonds is 2. The molecule has 0 bridgehead atoms. The van der Waals surface area contributed by atoms with Crippen molar-refractivity contribution in [1.82, 2.24) is 4.98 Å². The summed E-state index contributed by atoms with van der Waals surface area (Å²) in [6.07, 6.45) is 0.647. The van der Waals surface area contributed by atoms with Crippen LogP contribution in [-0.4, -0.2) is 17.2 Å². The van der Waals surface area contributed by atoms with Crippen molar-refractivity contribution in [2.45, 2.75) is 20.8 Å². The molecule has 0 atom stereocenters. The number of hydrogen-bond donors (Lipinski definition) is 1. The number of pyridine rings is 1. The highest BCUT2D eigenvalue weighted by Gasteiger charge is 2.23. The Hall–Kier alpha value is -0.690. The van der Waals surface area contributed by atoms with E-state index >= 15 is 0 Å². The van der Waals surface area contributed by atoms with E-state index in [1.165, 1.54) is 0 Å². The van der Waals surface area contributed by atoms with E-state index in [0.29, 0.717) is 15.6 Å². The average molecular weight is 367 g/mol. The summed E-state index contributed by atoms with van der Waals surface area (Å²) in [7, 11) is 0. The number of hydrogen-bond acceptors (Lipinski definition) is 3. The van der Waals surface area contributed by atoms with Crippen molar-refractivity contribution in [3.8, 4) is 0 Å². The van der Waals surface area contributed by atoms with Crippen LogP contribution in [0.2, 0.25) is 5.15 Å². The highest BCUT2D eigenvalue weighted by molar-refractivity contribution is 14.1. The number of halogens is 2. The van der Waals surface area contributed by atoms with Gasteiger partial charge in [0, 0.05) is 11.0 Å². The minimum absolute atomic E-state index is 0.122. The third-order valence-corrected chi connectivity index (χ3v) is 2.85. The van der Waals surface area contributed by atoms with Crippen LogP contribution in [-0.2, 0) is 4.79 Å². The highest BCUT2D eigenvalue weighted by atomic mass is 127. The summed E-state index contributed by atoms with van der Waals surface area (Å²) in [5.74, 6) is -0.217. The molecule has 1 aromatic rings. The molecule has 1 N–H and O–H groups in total. The topological polar surface area (TPSA) is 59.1 Å². The smallest absolute Gasteiger partial charge is 0.229 e. The third-order valence-electron chi connectivity index (χ3n) is 2.02. The summed E-state index contributed by atoms with van der Waals surface area (Å²) in [6, 6.07) is 1.57. The van der Waals surface area contributed by atoms with E-state index in [1.807, 2.05) is 22.6 Å². The van der Waals surface area contributed by atoms with Gasteiger partial charge in [0.2, 0.25) is 5.91 Å². The number of anilines is 1. The maximum atomic E-state index is 11.8. The van der Waals surface area contributed by atoms with Crippen LogP contribution in [0.1, 0.15) is 31.1 Å². The van der Waals surface area contributed by atoms with Gasteiger partial charge in [0.25, 0.3) is 0 Å². The van der Waals surface area contributed by atoms with Gasteiger partial charge in [-0.3, -0.25) is 9.59 Å². The molecule has 0 aliphatic rings. The molecule has 6 heteroatoms. The van der Waals surface area contributed by atoms with Gasteiger partial charge in [0.05, 0.1) is 5.69 Å². The van der Waals surface area contributed by atoms with Crippen LogP contribution in [0.5, 0.6) is 0 Å². The van der Waals surface area contributed by atoms with Gasteiger partial charge in [-0.1, -0.05) is 32.4 Å². The largest absolute Gasteiger partial charge is 0.322 e. The van der Waals surface area contributed by atoms with E-state index in [9.17, 15) is 9.59 Å². The van der Waals surface area contributed by atoms with Gasteiger partial charge >= 0.3 is 0 Å². The van der Waals surface area contributed by atoms with Crippen LogP contribution in [0.25, 0.3) is 0 Å². The molecule has 0 aliphatic carbocycles. The van der Waals surface area contributed by atoms with Crippen molar-refractivity contribution < 1.29 is 9.59 Å². The second-order valence-electron chi connectivity index (χ2n) is 4.52. The lowest BCUT2D eigenvalue weighted by Gasteiger charge is -2.18. The van der Waals surface area contributed by atoms with E-state index in [0.717, 1.165) is 0 Å². The minimum Gasteiger partial charge on any atom is -0.322 e. The Bertz CT molecular complexity index is 469. The quantitative estimate of drug-likeness (QED) is 0.497. The first-order chi connectivity index (χ1) is 7.75. The van der Waals surface area contributed by atoms with E-state index < -0.39 is 5.41 Å². The van der Waals surface area contributed by atoms with E-state index in [2.05, 4.69) is 10.3 Å². The molecule has 1 heterocycles. The fourth-order valence-corrected chi connectivity index (χ4v) is 1.99. The molecule has 1 rings (SSSR count). The molecule has 17 heavy (non-hydrogen) atoms. The number of carbonyl (C=O) groups excluding carboxylic acids is 2. The predicted molar refractivity (Wildman–Crippen MR) is 75.4 cm³/mol. The van der Waals surface area contributed by atoms with Gasteiger partial charge in [-0.25, -0.2) is 4.98 Å². The van der Waals surface area contributed by atoms with Crippen LogP contribution in [0.15, 0.2) is 6.07 Å². The second-order valence-corrected chi connectivity index (χ2v) is 5.99. The molecule has 0 saturated heterocycles. The Balaban J connectivity index is 3.15. The van der Waals surface area contributed by atoms with Crippen LogP contribution in [0, 0.1) is 9.12 Å². The van der Waals surface area contributed by atoms with Crippen molar-refractivity contribution >= 4 is 52.1 Å². The van der Waals surface area contributed by atoms with Crippen LogP contribution < -0.4 is 5.32 Å². The van der Waals surface area contributed by atoms with Gasteiger partial charge < -0.3 is 5.32 Å². The van der Waals surface area contributed by atoms with Gasteiger partial charge in [-0.2, -0.15) is 0 Å². The standard InChI is InChI=1S/C11H12ClIN2O2/c1-11(2,3)10(17)15-8-6(5-16)4-7(13)14-9(8)12/h4-5H,1-3H3,(H,15,17). The minimum atomic E-state index is -0.563. The summed E-state index contributed by atoms with van der Waals surface area (Å²) < 4.78 is 0.600. The Kier molecular flexibility index (Phi) is 4.48. The van der Waals surface area contributed by atoms with Crippen LogP contribution in [0.4, 0.5) is 5.69 Å². The number of nitrogens with one attached hydrogen (secondary N) is 1. The number of aromatic nitrogens is 1. The lowest BCUT2D eigenvalue weighted by molar-refractivity contribution is -0.123. The zero-order valence-electron chi connectivity index (χ0n) is 9.67. The van der Waals surface area contributed by atoms with Gasteiger partial charge in [-0.05, 0) is 28.7 Å². The van der Waals surface area contributed by atoms with Gasteiger partial charge in [0.1, 0.15) is 3.70 Å². The maximum Gasteiger partial charge on any atom is 0.229 e. The molecule has 4 nitrogen and oxygen atoms in total. The number of aldehydes is 1. The van der Waals surface area contributed by atoms with Crippen molar-refractivity contribution in [3.05, 3.63) is 20.5 Å². The summed E-state index contributed by atoms with van der Waals surface area (Å²) in [6.45, 7) is 5.32. The third kappa shape index (κ3) is 3.64. The second kappa shape index (κ2) is 5.30. The molecular formula is C11H12ClIN2O2. The first-order valence-corrected chi connectivity index (χ1v) is 6.34. The molecule has 0 radical (unpaired) electrons. The lowest BCUT2D eigenvalue weighted by Crippen LogP contribution is -2.28. The number of carbonyl (C=O) groups is 2. The summed E-state index contributed by atoms with van der Waals surface area (Å²) >= 11 is 7.87. The van der Waals surface area contributed by atoms with E-state index in [-0.39, 0.29) is 16.7 Å². The predicted octanol–water partition coefficient (Wildman–Crippen LogP) is 3.14. The molecule has 92 valence electrons. The van der Waals surface area contributed by atoms with Gasteiger partial charge in [0.15, 0.2) is 11.4 Å². The van der Waals surface area contributed by atoms with Crippen molar-refractivity contribution in [2.24, 2.45) is 5.41 Å². The first kappa shape index (κ1) is 14.4. The molecule has 0 unspecified atom stereocenters. The molecular weight excluding hydrogens is 354 g/mol. The highest BCUT2D eigenvalue weighted by Crippen LogP contribution is 2.27. The summed E-state index contributed by atoms with van der Waals surface area (Å²) in [5.41, 5.74) is 0.0287. The normalized spacial score (nSPS) is 11.1. The zero-order valence-corrected chi connectivity index (χ0v) is 12.6. The lowest BCUT2D eigenvalue weighted by atomic mass is 9.95. The van der Waals surface area contributed by atoms with Gasteiger partial charge in [-0.15, -0.1) is 0 Å². The summed E-state index contributed by atoms with van der Waals surface area (Å²) in [5, 5.41) is 2.75. The SMILES string of the molecule is CC(C)(C)C(=O)Nc1c(C=O)cc(I)nc1Cl. The number of nitrogens with zero attached hydrogens (tertiary/aromatic N) is 1. The Labute approximate surface area is 118 Å². The van der Waals surface area contributed by atoms with Crippen LogP contribution in [0.3, 0.4) is 0 Å². The molecule has 0 fully saturated rings. The van der Waals surface area contributed by atoms with E-state index in [4.69, 9.17) is 11.6 Å². The molecule has 0 saturated carbocycles. The fourth-order valence-electron chi connectivity index (χ4n) is 1.02. The van der Waals surface area contributed by atoms with Crippen molar-refractivity contribution in [1.29, 1.82) is 0 Å². The van der Waals surface area contributed by atoms with Crippen molar-refractivity contribution in [3.63, 3.8) is 0 Å². The number of amides is 1. The Morgan fingerprint density at radius 3 is 2.59 bits per heavy atom. The van der Waals surface area contributed by atoms with E-state index in [1.54, 1.807) is 26.8 Å². The molecule has 1 amide bonds. The van der Waals surface area contributed by atoms with Crippen LogP contribution >= 0.6 is 34.2 Å². The molecule has 0 spiro atoms. The zero-order chi connectivity index (χ0) is 13.2. The monoisotopic (exact) mass is 366 g/mol. The molecule has 0 aliphatic heterocycles. The fraction of sp³-hybridized carbons (Fsp3) is 0.364. The molecule has 1 aromatic heterocycles. The first-order valence-electron chi connectivity index (χ1n) is 4.88. The summed E-state index contributed by atoms with van der Waals surface area (Å²) in [4.78, 5) is 26.7. The molecule has 0 aromatic carbocycles. The average Bonchev–Trinajstić information content (AvgIpc) is 2.19.